The van der Waals surface area contributed by atoms with Crippen molar-refractivity contribution >= 4 is 11.8 Å². The third-order valence-electron chi connectivity index (χ3n) is 3.60. The molecule has 2 rings (SSSR count). The molecule has 0 unspecified atom stereocenters. The van der Waals surface area contributed by atoms with Gasteiger partial charge in [-0.1, -0.05) is 18.2 Å². The maximum absolute atomic E-state index is 9.92. The lowest BCUT2D eigenvalue weighted by Crippen LogP contribution is -2.21. The van der Waals surface area contributed by atoms with Crippen LogP contribution >= 0.6 is 11.8 Å². The van der Waals surface area contributed by atoms with Crippen molar-refractivity contribution in [2.45, 2.75) is 19.3 Å². The molecular weight excluding hydrogens is 282 g/mol. The van der Waals surface area contributed by atoms with Gasteiger partial charge in [0.05, 0.1) is 7.11 Å². The highest BCUT2D eigenvalue weighted by Gasteiger charge is 2.08. The van der Waals surface area contributed by atoms with Gasteiger partial charge in [0.2, 0.25) is 0 Å². The van der Waals surface area contributed by atoms with E-state index in [1.54, 1.807) is 13.2 Å². The Balaban J connectivity index is 1.80. The topological polar surface area (TPSA) is 41.5 Å². The van der Waals surface area contributed by atoms with E-state index >= 15 is 0 Å². The smallest absolute Gasteiger partial charge is 0.122 e. The predicted molar refractivity (Wildman–Crippen MR) is 90.1 cm³/mol. The molecule has 1 aliphatic carbocycles. The molecule has 0 atom stereocenters. The van der Waals surface area contributed by atoms with Gasteiger partial charge in [0.15, 0.2) is 0 Å². The van der Waals surface area contributed by atoms with Gasteiger partial charge in [-0.2, -0.15) is 0 Å². The number of methoxy groups -OCH3 is 1. The van der Waals surface area contributed by atoms with E-state index in [9.17, 15) is 5.11 Å². The maximum Gasteiger partial charge on any atom is 0.122 e. The molecule has 0 bridgehead atoms. The van der Waals surface area contributed by atoms with Crippen LogP contribution in [0.15, 0.2) is 40.8 Å². The number of phenols is 1. The van der Waals surface area contributed by atoms with E-state index in [1.807, 2.05) is 23.9 Å². The molecule has 21 heavy (non-hydrogen) atoms. The molecule has 4 heteroatoms. The summed E-state index contributed by atoms with van der Waals surface area (Å²) in [4.78, 5) is 1.39. The van der Waals surface area contributed by atoms with E-state index in [0.29, 0.717) is 11.5 Å². The molecular formula is C17H23NO2S. The minimum Gasteiger partial charge on any atom is -0.508 e. The molecule has 1 aliphatic rings. The van der Waals surface area contributed by atoms with Crippen molar-refractivity contribution in [1.29, 1.82) is 0 Å². The zero-order chi connectivity index (χ0) is 15.1. The molecule has 0 radical (unpaired) electrons. The van der Waals surface area contributed by atoms with Gasteiger partial charge in [0.1, 0.15) is 11.5 Å². The van der Waals surface area contributed by atoms with E-state index in [1.165, 1.54) is 10.5 Å². The fourth-order valence-corrected chi connectivity index (χ4v) is 3.11. The van der Waals surface area contributed by atoms with Crippen LogP contribution in [-0.2, 0) is 6.42 Å². The van der Waals surface area contributed by atoms with E-state index < -0.39 is 0 Å². The lowest BCUT2D eigenvalue weighted by Gasteiger charge is -2.15. The minimum absolute atomic E-state index is 0.303. The Kier molecular flexibility index (Phi) is 6.21. The lowest BCUT2D eigenvalue weighted by atomic mass is 10.1. The van der Waals surface area contributed by atoms with Gasteiger partial charge < -0.3 is 15.2 Å². The standard InChI is InChI=1S/C17H23NO2S/c1-20-15-8-7-13(16(19)11-15)9-10-18-12-14-5-3-4-6-17(14)21-2/h5-8,11,18-19H,3-4,9-10,12H2,1-2H3. The number of rotatable bonds is 7. The Labute approximate surface area is 131 Å². The van der Waals surface area contributed by atoms with Gasteiger partial charge in [-0.05, 0) is 49.3 Å². The van der Waals surface area contributed by atoms with Gasteiger partial charge in [-0.3, -0.25) is 0 Å². The van der Waals surface area contributed by atoms with Crippen LogP contribution in [0.3, 0.4) is 0 Å². The number of benzene rings is 1. The van der Waals surface area contributed by atoms with Crippen LogP contribution in [0.1, 0.15) is 18.4 Å². The second-order valence-electron chi connectivity index (χ2n) is 5.00. The first-order valence-corrected chi connectivity index (χ1v) is 8.47. The second kappa shape index (κ2) is 8.15. The van der Waals surface area contributed by atoms with Crippen LogP contribution in [0.4, 0.5) is 0 Å². The largest absolute Gasteiger partial charge is 0.508 e. The zero-order valence-electron chi connectivity index (χ0n) is 12.7. The first-order valence-electron chi connectivity index (χ1n) is 7.24. The Morgan fingerprint density at radius 2 is 2.10 bits per heavy atom. The van der Waals surface area contributed by atoms with Gasteiger partial charge >= 0.3 is 0 Å². The Morgan fingerprint density at radius 3 is 2.81 bits per heavy atom. The van der Waals surface area contributed by atoms with Crippen LogP contribution in [0, 0.1) is 0 Å². The molecule has 0 aromatic heterocycles. The number of allylic oxidation sites excluding steroid dienone is 2. The van der Waals surface area contributed by atoms with Gasteiger partial charge in [0.25, 0.3) is 0 Å². The number of phenolic OH excluding ortho intramolecular Hbond substituents is 1. The summed E-state index contributed by atoms with van der Waals surface area (Å²) in [7, 11) is 1.60. The minimum atomic E-state index is 0.303. The quantitative estimate of drug-likeness (QED) is 0.757. The van der Waals surface area contributed by atoms with Crippen molar-refractivity contribution < 1.29 is 9.84 Å². The molecule has 0 heterocycles. The summed E-state index contributed by atoms with van der Waals surface area (Å²) >= 11 is 1.81. The Hall–Kier alpha value is -1.39. The zero-order valence-corrected chi connectivity index (χ0v) is 13.5. The molecule has 114 valence electrons. The first kappa shape index (κ1) is 16.0. The van der Waals surface area contributed by atoms with E-state index in [4.69, 9.17) is 4.74 Å². The molecule has 1 aromatic rings. The average molecular weight is 305 g/mol. The number of hydrogen-bond donors (Lipinski definition) is 2. The predicted octanol–water partition coefficient (Wildman–Crippen LogP) is 3.50. The fourth-order valence-electron chi connectivity index (χ4n) is 2.41. The number of aromatic hydroxyl groups is 1. The summed E-state index contributed by atoms with van der Waals surface area (Å²) < 4.78 is 5.09. The average Bonchev–Trinajstić information content (AvgIpc) is 2.53. The van der Waals surface area contributed by atoms with Crippen LogP contribution in [0.5, 0.6) is 11.5 Å². The summed E-state index contributed by atoms with van der Waals surface area (Å²) in [6.45, 7) is 1.74. The number of thioether (sulfide) groups is 1. The summed E-state index contributed by atoms with van der Waals surface area (Å²) in [6, 6.07) is 5.46. The van der Waals surface area contributed by atoms with Crippen LogP contribution in [0.25, 0.3) is 0 Å². The van der Waals surface area contributed by atoms with Crippen molar-refractivity contribution in [3.63, 3.8) is 0 Å². The first-order chi connectivity index (χ1) is 10.2. The third kappa shape index (κ3) is 4.55. The van der Waals surface area contributed by atoms with Gasteiger partial charge in [-0.25, -0.2) is 0 Å². The fraction of sp³-hybridized carbons (Fsp3) is 0.412. The second-order valence-corrected chi connectivity index (χ2v) is 5.85. The normalized spacial score (nSPS) is 14.6. The van der Waals surface area contributed by atoms with E-state index in [-0.39, 0.29) is 0 Å². The van der Waals surface area contributed by atoms with Crippen molar-refractivity contribution in [2.75, 3.05) is 26.5 Å². The Morgan fingerprint density at radius 1 is 1.29 bits per heavy atom. The Bertz CT molecular complexity index is 538. The molecule has 3 nitrogen and oxygen atoms in total. The molecule has 0 fully saturated rings. The van der Waals surface area contributed by atoms with E-state index in [2.05, 4.69) is 23.7 Å². The highest BCUT2D eigenvalue weighted by molar-refractivity contribution is 8.02. The molecule has 0 aliphatic heterocycles. The summed E-state index contributed by atoms with van der Waals surface area (Å²) in [5.74, 6) is 0.990. The third-order valence-corrected chi connectivity index (χ3v) is 4.47. The summed E-state index contributed by atoms with van der Waals surface area (Å²) in [6.07, 6.45) is 9.86. The van der Waals surface area contributed by atoms with Crippen molar-refractivity contribution in [2.24, 2.45) is 0 Å². The van der Waals surface area contributed by atoms with Crippen LogP contribution in [-0.4, -0.2) is 31.6 Å². The molecule has 0 spiro atoms. The highest BCUT2D eigenvalue weighted by atomic mass is 32.2. The molecule has 1 aromatic carbocycles. The number of hydrogen-bond acceptors (Lipinski definition) is 4. The van der Waals surface area contributed by atoms with E-state index in [0.717, 1.165) is 37.9 Å². The van der Waals surface area contributed by atoms with Crippen molar-refractivity contribution in [3.05, 3.63) is 46.4 Å². The summed E-state index contributed by atoms with van der Waals surface area (Å²) in [5, 5.41) is 13.4. The monoisotopic (exact) mass is 305 g/mol. The molecule has 2 N–H and O–H groups in total. The van der Waals surface area contributed by atoms with Crippen molar-refractivity contribution in [1.82, 2.24) is 5.32 Å². The number of nitrogens with one attached hydrogen (secondary N) is 1. The summed E-state index contributed by atoms with van der Waals surface area (Å²) in [5.41, 5.74) is 2.34. The van der Waals surface area contributed by atoms with Crippen LogP contribution < -0.4 is 10.1 Å². The SMILES string of the molecule is COc1ccc(CCNCC2=CCCC=C2SC)c(O)c1. The number of ether oxygens (including phenoxy) is 1. The van der Waals surface area contributed by atoms with Crippen LogP contribution in [0.2, 0.25) is 0 Å². The molecule has 0 saturated heterocycles. The van der Waals surface area contributed by atoms with Gasteiger partial charge in [-0.15, -0.1) is 11.8 Å². The molecule has 0 amide bonds. The molecule has 0 saturated carbocycles. The highest BCUT2D eigenvalue weighted by Crippen LogP contribution is 2.26. The maximum atomic E-state index is 9.92. The lowest BCUT2D eigenvalue weighted by molar-refractivity contribution is 0.406. The van der Waals surface area contributed by atoms with Gasteiger partial charge in [0, 0.05) is 17.5 Å². The van der Waals surface area contributed by atoms with Crippen molar-refractivity contribution in [3.8, 4) is 11.5 Å².